The third-order valence-corrected chi connectivity index (χ3v) is 6.52. The van der Waals surface area contributed by atoms with Crippen molar-refractivity contribution in [3.05, 3.63) is 0 Å². The quantitative estimate of drug-likeness (QED) is 0.764. The van der Waals surface area contributed by atoms with Crippen LogP contribution in [0.2, 0.25) is 0 Å². The number of likely N-dealkylation sites (N-methyl/N-ethyl adjacent to an activating group) is 1. The summed E-state index contributed by atoms with van der Waals surface area (Å²) in [7, 11) is -3.10. The van der Waals surface area contributed by atoms with Gasteiger partial charge in [0.2, 0.25) is 10.0 Å². The van der Waals surface area contributed by atoms with E-state index in [-0.39, 0.29) is 6.04 Å². The highest BCUT2D eigenvalue weighted by molar-refractivity contribution is 7.89. The zero-order valence-corrected chi connectivity index (χ0v) is 14.4. The molecule has 2 fully saturated rings. The Morgan fingerprint density at radius 2 is 1.76 bits per heavy atom. The van der Waals surface area contributed by atoms with Crippen molar-refractivity contribution in [2.24, 2.45) is 5.92 Å². The maximum absolute atomic E-state index is 12.1. The Morgan fingerprint density at radius 1 is 1.14 bits per heavy atom. The Morgan fingerprint density at radius 3 is 2.33 bits per heavy atom. The van der Waals surface area contributed by atoms with Gasteiger partial charge >= 0.3 is 0 Å². The van der Waals surface area contributed by atoms with Gasteiger partial charge in [0.1, 0.15) is 0 Å². The Bertz CT molecular complexity index is 399. The summed E-state index contributed by atoms with van der Waals surface area (Å²) in [5.41, 5.74) is 0. The van der Waals surface area contributed by atoms with Crippen LogP contribution in [0.1, 0.15) is 39.5 Å². The highest BCUT2D eigenvalue weighted by Gasteiger charge is 2.24. The normalized spacial score (nSPS) is 24.5. The summed E-state index contributed by atoms with van der Waals surface area (Å²) in [5.74, 6) is 0.703. The van der Waals surface area contributed by atoms with Crippen molar-refractivity contribution in [3.8, 4) is 0 Å². The summed E-state index contributed by atoms with van der Waals surface area (Å²) in [6.07, 6.45) is 4.54. The first-order valence-electron chi connectivity index (χ1n) is 8.44. The van der Waals surface area contributed by atoms with Crippen LogP contribution in [-0.2, 0) is 10.0 Å². The zero-order chi connectivity index (χ0) is 15.3. The second kappa shape index (κ2) is 7.90. The number of hydrogen-bond donors (Lipinski definition) is 1. The molecule has 5 nitrogen and oxygen atoms in total. The van der Waals surface area contributed by atoms with Crippen molar-refractivity contribution in [2.75, 3.05) is 45.0 Å². The SMILES string of the molecule is CCN1CCN([C@@H](C)CNS(=O)(=O)CC2CCCC2)CC1. The molecule has 6 heteroatoms. The topological polar surface area (TPSA) is 52.6 Å². The summed E-state index contributed by atoms with van der Waals surface area (Å²) in [6.45, 7) is 10.2. The molecule has 0 unspecified atom stereocenters. The molecule has 0 aromatic carbocycles. The van der Waals surface area contributed by atoms with Crippen LogP contribution in [0.15, 0.2) is 0 Å². The molecular formula is C15H31N3O2S. The standard InChI is InChI=1S/C15H31N3O2S/c1-3-17-8-10-18(11-9-17)14(2)12-16-21(19,20)13-15-6-4-5-7-15/h14-16H,3-13H2,1-2H3/t14-/m0/s1. The predicted octanol–water partition coefficient (Wildman–Crippen LogP) is 1.12. The van der Waals surface area contributed by atoms with E-state index in [1.807, 2.05) is 0 Å². The van der Waals surface area contributed by atoms with Crippen LogP contribution >= 0.6 is 0 Å². The highest BCUT2D eigenvalue weighted by Crippen LogP contribution is 2.25. The number of piperazine rings is 1. The Kier molecular flexibility index (Phi) is 6.47. The average molecular weight is 317 g/mol. The molecule has 1 aliphatic carbocycles. The van der Waals surface area contributed by atoms with Gasteiger partial charge in [0.25, 0.3) is 0 Å². The van der Waals surface area contributed by atoms with Gasteiger partial charge in [-0.1, -0.05) is 19.8 Å². The fourth-order valence-electron chi connectivity index (χ4n) is 3.44. The van der Waals surface area contributed by atoms with Gasteiger partial charge in [0.05, 0.1) is 5.75 Å². The van der Waals surface area contributed by atoms with Gasteiger partial charge in [-0.05, 0) is 32.2 Å². The molecule has 2 rings (SSSR count). The van der Waals surface area contributed by atoms with E-state index in [4.69, 9.17) is 0 Å². The number of rotatable bonds is 7. The van der Waals surface area contributed by atoms with Crippen molar-refractivity contribution in [2.45, 2.75) is 45.6 Å². The number of nitrogens with one attached hydrogen (secondary N) is 1. The van der Waals surface area contributed by atoms with E-state index < -0.39 is 10.0 Å². The summed E-state index contributed by atoms with van der Waals surface area (Å²) in [6, 6.07) is 0.280. The van der Waals surface area contributed by atoms with Crippen LogP contribution in [0.25, 0.3) is 0 Å². The van der Waals surface area contributed by atoms with E-state index in [0.29, 0.717) is 18.2 Å². The Balaban J connectivity index is 1.71. The van der Waals surface area contributed by atoms with E-state index >= 15 is 0 Å². The van der Waals surface area contributed by atoms with Crippen LogP contribution in [0.4, 0.5) is 0 Å². The molecule has 0 aromatic rings. The molecule has 1 N–H and O–H groups in total. The van der Waals surface area contributed by atoms with Crippen molar-refractivity contribution in [3.63, 3.8) is 0 Å². The zero-order valence-electron chi connectivity index (χ0n) is 13.6. The molecule has 1 saturated heterocycles. The molecule has 2 aliphatic rings. The largest absolute Gasteiger partial charge is 0.301 e. The minimum Gasteiger partial charge on any atom is -0.301 e. The highest BCUT2D eigenvalue weighted by atomic mass is 32.2. The van der Waals surface area contributed by atoms with E-state index in [1.54, 1.807) is 0 Å². The molecule has 124 valence electrons. The molecule has 0 spiro atoms. The van der Waals surface area contributed by atoms with E-state index in [2.05, 4.69) is 28.4 Å². The van der Waals surface area contributed by atoms with Crippen LogP contribution in [0, 0.1) is 5.92 Å². The first-order valence-corrected chi connectivity index (χ1v) is 10.1. The number of sulfonamides is 1. The van der Waals surface area contributed by atoms with Crippen LogP contribution in [0.5, 0.6) is 0 Å². The van der Waals surface area contributed by atoms with Gasteiger partial charge in [-0.2, -0.15) is 0 Å². The number of hydrogen-bond acceptors (Lipinski definition) is 4. The minimum absolute atomic E-state index is 0.280. The molecule has 1 aliphatic heterocycles. The maximum atomic E-state index is 12.1. The van der Waals surface area contributed by atoms with Gasteiger partial charge < -0.3 is 4.90 Å². The minimum atomic E-state index is -3.10. The lowest BCUT2D eigenvalue weighted by atomic mass is 10.1. The summed E-state index contributed by atoms with van der Waals surface area (Å²) < 4.78 is 27.1. The molecule has 0 amide bonds. The molecule has 21 heavy (non-hydrogen) atoms. The fraction of sp³-hybridized carbons (Fsp3) is 1.00. The molecule has 1 heterocycles. The molecular weight excluding hydrogens is 286 g/mol. The lowest BCUT2D eigenvalue weighted by Crippen LogP contribution is -2.52. The Hall–Kier alpha value is -0.170. The lowest BCUT2D eigenvalue weighted by molar-refractivity contribution is 0.107. The molecule has 1 atom stereocenters. The lowest BCUT2D eigenvalue weighted by Gasteiger charge is -2.37. The summed E-state index contributed by atoms with van der Waals surface area (Å²) in [4.78, 5) is 4.83. The summed E-state index contributed by atoms with van der Waals surface area (Å²) in [5, 5.41) is 0. The smallest absolute Gasteiger partial charge is 0.211 e. The number of nitrogens with zero attached hydrogens (tertiary/aromatic N) is 2. The van der Waals surface area contributed by atoms with Crippen molar-refractivity contribution in [1.29, 1.82) is 0 Å². The monoisotopic (exact) mass is 317 g/mol. The predicted molar refractivity (Wildman–Crippen MR) is 86.9 cm³/mol. The van der Waals surface area contributed by atoms with Gasteiger partial charge in [-0.15, -0.1) is 0 Å². The van der Waals surface area contributed by atoms with Gasteiger partial charge in [0, 0.05) is 38.8 Å². The van der Waals surface area contributed by atoms with E-state index in [0.717, 1.165) is 45.6 Å². The van der Waals surface area contributed by atoms with Crippen LogP contribution < -0.4 is 4.72 Å². The Labute approximate surface area is 130 Å². The molecule has 0 radical (unpaired) electrons. The average Bonchev–Trinajstić information content (AvgIpc) is 2.97. The molecule has 1 saturated carbocycles. The molecule has 0 aromatic heterocycles. The second-order valence-corrected chi connectivity index (χ2v) is 8.45. The summed E-state index contributed by atoms with van der Waals surface area (Å²) >= 11 is 0. The fourth-order valence-corrected chi connectivity index (χ4v) is 5.01. The third-order valence-electron chi connectivity index (χ3n) is 5.01. The maximum Gasteiger partial charge on any atom is 0.211 e. The van der Waals surface area contributed by atoms with E-state index in [1.165, 1.54) is 12.8 Å². The van der Waals surface area contributed by atoms with Crippen LogP contribution in [0.3, 0.4) is 0 Å². The first kappa shape index (κ1) is 17.2. The van der Waals surface area contributed by atoms with Crippen LogP contribution in [-0.4, -0.2) is 69.3 Å². The first-order chi connectivity index (χ1) is 10.00. The van der Waals surface area contributed by atoms with E-state index in [9.17, 15) is 8.42 Å². The van der Waals surface area contributed by atoms with Gasteiger partial charge in [0.15, 0.2) is 0 Å². The van der Waals surface area contributed by atoms with Crippen molar-refractivity contribution >= 4 is 10.0 Å². The van der Waals surface area contributed by atoms with Crippen molar-refractivity contribution < 1.29 is 8.42 Å². The molecule has 0 bridgehead atoms. The van der Waals surface area contributed by atoms with Crippen molar-refractivity contribution in [1.82, 2.24) is 14.5 Å². The third kappa shape index (κ3) is 5.51. The van der Waals surface area contributed by atoms with Gasteiger partial charge in [-0.3, -0.25) is 4.90 Å². The van der Waals surface area contributed by atoms with Gasteiger partial charge in [-0.25, -0.2) is 13.1 Å². The second-order valence-electron chi connectivity index (χ2n) is 6.60.